The van der Waals surface area contributed by atoms with Crippen LogP contribution in [-0.4, -0.2) is 17.6 Å². The smallest absolute Gasteiger partial charge is 0.305 e. The quantitative estimate of drug-likeness (QED) is 0.864. The summed E-state index contributed by atoms with van der Waals surface area (Å²) in [6.07, 6.45) is 7.54. The molecule has 1 aromatic heterocycles. The standard InChI is InChI=1S/C14H19BrN2O2/c1-2-19-13(18)5-7-14(16)6-3-4-10-11(14)8-17-9-12(10)15/h8-9H,2-7,16H2,1H3. The van der Waals surface area contributed by atoms with Gasteiger partial charge in [0.1, 0.15) is 0 Å². The van der Waals surface area contributed by atoms with E-state index in [0.717, 1.165) is 29.3 Å². The third-order valence-corrected chi connectivity index (χ3v) is 4.35. The van der Waals surface area contributed by atoms with E-state index in [0.29, 0.717) is 19.4 Å². The Morgan fingerprint density at radius 1 is 1.58 bits per heavy atom. The van der Waals surface area contributed by atoms with E-state index in [4.69, 9.17) is 10.5 Å². The Labute approximate surface area is 121 Å². The van der Waals surface area contributed by atoms with E-state index in [1.165, 1.54) is 5.56 Å². The van der Waals surface area contributed by atoms with Gasteiger partial charge in [-0.25, -0.2) is 0 Å². The fourth-order valence-corrected chi connectivity index (χ4v) is 3.21. The summed E-state index contributed by atoms with van der Waals surface area (Å²) in [6, 6.07) is 0. The van der Waals surface area contributed by atoms with Gasteiger partial charge in [-0.2, -0.15) is 0 Å². The van der Waals surface area contributed by atoms with Gasteiger partial charge in [-0.1, -0.05) is 0 Å². The number of carbonyl (C=O) groups is 1. The third-order valence-electron chi connectivity index (χ3n) is 3.67. The highest BCUT2D eigenvalue weighted by atomic mass is 79.9. The number of ether oxygens (including phenoxy) is 1. The van der Waals surface area contributed by atoms with E-state index in [-0.39, 0.29) is 5.97 Å². The highest BCUT2D eigenvalue weighted by Gasteiger charge is 2.34. The van der Waals surface area contributed by atoms with Crippen LogP contribution in [0.5, 0.6) is 0 Å². The summed E-state index contributed by atoms with van der Waals surface area (Å²) in [6.45, 7) is 2.23. The molecule has 0 radical (unpaired) electrons. The Morgan fingerprint density at radius 3 is 3.11 bits per heavy atom. The number of esters is 1. The number of hydrogen-bond donors (Lipinski definition) is 1. The zero-order valence-electron chi connectivity index (χ0n) is 11.1. The van der Waals surface area contributed by atoms with E-state index < -0.39 is 5.54 Å². The van der Waals surface area contributed by atoms with Crippen LogP contribution in [-0.2, 0) is 21.5 Å². The molecule has 0 saturated heterocycles. The monoisotopic (exact) mass is 326 g/mol. The van der Waals surface area contributed by atoms with Crippen LogP contribution in [0.2, 0.25) is 0 Å². The Balaban J connectivity index is 2.17. The number of carbonyl (C=O) groups excluding carboxylic acids is 1. The first-order valence-electron chi connectivity index (χ1n) is 6.64. The molecule has 0 saturated carbocycles. The van der Waals surface area contributed by atoms with Crippen LogP contribution in [0.4, 0.5) is 0 Å². The van der Waals surface area contributed by atoms with Gasteiger partial charge in [0.15, 0.2) is 0 Å². The molecule has 2 N–H and O–H groups in total. The van der Waals surface area contributed by atoms with Crippen LogP contribution in [0, 0.1) is 0 Å². The minimum absolute atomic E-state index is 0.178. The molecule has 1 unspecified atom stereocenters. The number of nitrogens with two attached hydrogens (primary N) is 1. The summed E-state index contributed by atoms with van der Waals surface area (Å²) in [4.78, 5) is 15.7. The SMILES string of the molecule is CCOC(=O)CCC1(N)CCCc2c(Br)cncc21. The molecule has 2 rings (SSSR count). The summed E-state index contributed by atoms with van der Waals surface area (Å²) >= 11 is 3.53. The number of rotatable bonds is 4. The lowest BCUT2D eigenvalue weighted by Crippen LogP contribution is -2.40. The number of pyridine rings is 1. The van der Waals surface area contributed by atoms with Crippen LogP contribution in [0.3, 0.4) is 0 Å². The molecule has 1 heterocycles. The molecule has 1 aromatic rings. The van der Waals surface area contributed by atoms with Crippen molar-refractivity contribution in [1.29, 1.82) is 0 Å². The zero-order valence-corrected chi connectivity index (χ0v) is 12.7. The minimum atomic E-state index is -0.461. The number of hydrogen-bond acceptors (Lipinski definition) is 4. The van der Waals surface area contributed by atoms with Crippen LogP contribution < -0.4 is 5.73 Å². The van der Waals surface area contributed by atoms with Crippen LogP contribution in [0.1, 0.15) is 43.7 Å². The lowest BCUT2D eigenvalue weighted by atomic mass is 9.75. The molecular formula is C14H19BrN2O2. The average molecular weight is 327 g/mol. The van der Waals surface area contributed by atoms with E-state index in [1.807, 2.05) is 13.1 Å². The summed E-state index contributed by atoms with van der Waals surface area (Å²) in [7, 11) is 0. The molecule has 19 heavy (non-hydrogen) atoms. The molecule has 0 bridgehead atoms. The maximum absolute atomic E-state index is 11.5. The first-order valence-corrected chi connectivity index (χ1v) is 7.43. The van der Waals surface area contributed by atoms with E-state index in [2.05, 4.69) is 20.9 Å². The topological polar surface area (TPSA) is 65.2 Å². The van der Waals surface area contributed by atoms with Gasteiger partial charge < -0.3 is 10.5 Å². The first kappa shape index (κ1) is 14.5. The number of fused-ring (bicyclic) bond motifs is 1. The summed E-state index contributed by atoms with van der Waals surface area (Å²) < 4.78 is 5.98. The maximum Gasteiger partial charge on any atom is 0.305 e. The Bertz CT molecular complexity index is 479. The van der Waals surface area contributed by atoms with Crippen molar-refractivity contribution in [3.05, 3.63) is 28.0 Å². The van der Waals surface area contributed by atoms with Gasteiger partial charge in [-0.3, -0.25) is 9.78 Å². The molecule has 0 fully saturated rings. The van der Waals surface area contributed by atoms with Crippen LogP contribution >= 0.6 is 15.9 Å². The van der Waals surface area contributed by atoms with Crippen LogP contribution in [0.15, 0.2) is 16.9 Å². The van der Waals surface area contributed by atoms with Crippen molar-refractivity contribution in [2.45, 2.75) is 44.6 Å². The van der Waals surface area contributed by atoms with Crippen molar-refractivity contribution in [2.75, 3.05) is 6.61 Å². The fraction of sp³-hybridized carbons (Fsp3) is 0.571. The second kappa shape index (κ2) is 6.01. The van der Waals surface area contributed by atoms with Gasteiger partial charge in [0, 0.05) is 28.8 Å². The molecule has 104 valence electrons. The normalized spacial score (nSPS) is 21.8. The molecule has 4 nitrogen and oxygen atoms in total. The highest BCUT2D eigenvalue weighted by Crippen LogP contribution is 2.38. The van der Waals surface area contributed by atoms with Crippen molar-refractivity contribution in [1.82, 2.24) is 4.98 Å². The highest BCUT2D eigenvalue weighted by molar-refractivity contribution is 9.10. The fourth-order valence-electron chi connectivity index (χ4n) is 2.68. The third kappa shape index (κ3) is 3.15. The molecule has 0 aliphatic heterocycles. The summed E-state index contributed by atoms with van der Waals surface area (Å²) in [5, 5.41) is 0. The minimum Gasteiger partial charge on any atom is -0.466 e. The summed E-state index contributed by atoms with van der Waals surface area (Å²) in [5.74, 6) is -0.178. The number of nitrogens with zero attached hydrogens (tertiary/aromatic N) is 1. The first-order chi connectivity index (χ1) is 9.07. The lowest BCUT2D eigenvalue weighted by molar-refractivity contribution is -0.143. The van der Waals surface area contributed by atoms with Gasteiger partial charge in [-0.15, -0.1) is 0 Å². The Kier molecular flexibility index (Phi) is 4.58. The van der Waals surface area contributed by atoms with Crippen LogP contribution in [0.25, 0.3) is 0 Å². The van der Waals surface area contributed by atoms with Crippen molar-refractivity contribution in [3.63, 3.8) is 0 Å². The van der Waals surface area contributed by atoms with Crippen molar-refractivity contribution < 1.29 is 9.53 Å². The number of halogens is 1. The molecule has 1 aliphatic rings. The molecular weight excluding hydrogens is 308 g/mol. The predicted molar refractivity (Wildman–Crippen MR) is 76.6 cm³/mol. The average Bonchev–Trinajstić information content (AvgIpc) is 2.39. The predicted octanol–water partition coefficient (Wildman–Crippen LogP) is 2.68. The Morgan fingerprint density at radius 2 is 2.37 bits per heavy atom. The molecule has 5 heteroatoms. The molecule has 0 amide bonds. The largest absolute Gasteiger partial charge is 0.466 e. The van der Waals surface area contributed by atoms with Gasteiger partial charge in [0.25, 0.3) is 0 Å². The van der Waals surface area contributed by atoms with Crippen molar-refractivity contribution in [3.8, 4) is 0 Å². The zero-order chi connectivity index (χ0) is 13.9. The van der Waals surface area contributed by atoms with Gasteiger partial charge in [0.05, 0.1) is 6.61 Å². The molecule has 1 aliphatic carbocycles. The Hall–Kier alpha value is -0.940. The van der Waals surface area contributed by atoms with Gasteiger partial charge in [-0.05, 0) is 59.7 Å². The van der Waals surface area contributed by atoms with Gasteiger partial charge in [0.2, 0.25) is 0 Å². The van der Waals surface area contributed by atoms with E-state index in [9.17, 15) is 4.79 Å². The van der Waals surface area contributed by atoms with E-state index in [1.54, 1.807) is 6.20 Å². The van der Waals surface area contributed by atoms with Gasteiger partial charge >= 0.3 is 5.97 Å². The summed E-state index contributed by atoms with van der Waals surface area (Å²) in [5.41, 5.74) is 8.35. The van der Waals surface area contributed by atoms with Crippen molar-refractivity contribution in [2.24, 2.45) is 5.73 Å². The van der Waals surface area contributed by atoms with Crippen molar-refractivity contribution >= 4 is 21.9 Å². The number of aromatic nitrogens is 1. The molecule has 1 atom stereocenters. The second-order valence-corrected chi connectivity index (χ2v) is 5.82. The second-order valence-electron chi connectivity index (χ2n) is 4.96. The maximum atomic E-state index is 11.5. The lowest BCUT2D eigenvalue weighted by Gasteiger charge is -2.35. The van der Waals surface area contributed by atoms with E-state index >= 15 is 0 Å². The molecule has 0 spiro atoms. The molecule has 0 aromatic carbocycles.